The van der Waals surface area contributed by atoms with Crippen LogP contribution in [0.25, 0.3) is 16.7 Å². The molecule has 0 radical (unpaired) electrons. The number of rotatable bonds is 3. The molecule has 0 aliphatic heterocycles. The molecule has 0 saturated carbocycles. The zero-order valence-electron chi connectivity index (χ0n) is 10.3. The molecule has 0 fully saturated rings. The van der Waals surface area contributed by atoms with E-state index in [1.54, 1.807) is 16.9 Å². The Balaban J connectivity index is 2.42. The van der Waals surface area contributed by atoms with Crippen LogP contribution in [0.1, 0.15) is 19.7 Å². The van der Waals surface area contributed by atoms with Crippen molar-refractivity contribution in [2.75, 3.05) is 11.9 Å². The highest BCUT2D eigenvalue weighted by molar-refractivity contribution is 5.93. The molecule has 1 N–H and O–H groups in total. The Morgan fingerprint density at radius 3 is 2.61 bits per heavy atom. The second-order valence-electron chi connectivity index (χ2n) is 3.84. The lowest BCUT2D eigenvalue weighted by atomic mass is 10.4. The lowest BCUT2D eigenvalue weighted by molar-refractivity contribution is 0.826. The molecule has 7 nitrogen and oxygen atoms in total. The van der Waals surface area contributed by atoms with Crippen LogP contribution in [0.5, 0.6) is 0 Å². The number of nitrogens with one attached hydrogen (secondary N) is 1. The van der Waals surface area contributed by atoms with E-state index >= 15 is 0 Å². The third kappa shape index (κ3) is 1.47. The van der Waals surface area contributed by atoms with E-state index < -0.39 is 0 Å². The highest BCUT2D eigenvalue weighted by Crippen LogP contribution is 2.20. The minimum Gasteiger partial charge on any atom is -0.367 e. The topological polar surface area (TPSA) is 80.9 Å². The van der Waals surface area contributed by atoms with Gasteiger partial charge in [0.25, 0.3) is 0 Å². The van der Waals surface area contributed by atoms with Crippen molar-refractivity contribution < 1.29 is 0 Å². The van der Waals surface area contributed by atoms with Gasteiger partial charge in [-0.3, -0.25) is 0 Å². The highest BCUT2D eigenvalue weighted by atomic mass is 15.4. The van der Waals surface area contributed by atoms with Crippen molar-refractivity contribution in [1.29, 1.82) is 0 Å². The van der Waals surface area contributed by atoms with Gasteiger partial charge >= 0.3 is 0 Å². The number of fused-ring (bicyclic) bond motifs is 3. The molecule has 0 unspecified atom stereocenters. The molecular weight excluding hydrogens is 230 g/mol. The minimum absolute atomic E-state index is 0.650. The number of aryl methyl sites for hydroxylation is 1. The Hall–Kier alpha value is -2.31. The third-order valence-electron chi connectivity index (χ3n) is 2.70. The Bertz CT molecular complexity index is 703. The van der Waals surface area contributed by atoms with Gasteiger partial charge in [-0.05, 0) is 6.92 Å². The molecule has 7 heteroatoms. The fourth-order valence-electron chi connectivity index (χ4n) is 1.89. The molecule has 0 aromatic carbocycles. The summed E-state index contributed by atoms with van der Waals surface area (Å²) in [7, 11) is 0. The first-order valence-electron chi connectivity index (χ1n) is 5.94. The van der Waals surface area contributed by atoms with Crippen LogP contribution in [0.4, 0.5) is 5.82 Å². The Morgan fingerprint density at radius 1 is 1.11 bits per heavy atom. The van der Waals surface area contributed by atoms with Gasteiger partial charge in [-0.2, -0.15) is 4.52 Å². The van der Waals surface area contributed by atoms with Gasteiger partial charge in [0.15, 0.2) is 11.6 Å². The number of anilines is 1. The summed E-state index contributed by atoms with van der Waals surface area (Å²) >= 11 is 0. The monoisotopic (exact) mass is 243 g/mol. The molecule has 0 aliphatic carbocycles. The summed E-state index contributed by atoms with van der Waals surface area (Å²) in [6, 6.07) is 0. The van der Waals surface area contributed by atoms with Crippen LogP contribution in [0.3, 0.4) is 0 Å². The zero-order chi connectivity index (χ0) is 12.5. The van der Waals surface area contributed by atoms with Gasteiger partial charge in [-0.1, -0.05) is 6.92 Å². The summed E-state index contributed by atoms with van der Waals surface area (Å²) in [6.45, 7) is 4.81. The normalized spacial score (nSPS) is 11.2. The van der Waals surface area contributed by atoms with Crippen molar-refractivity contribution in [2.24, 2.45) is 0 Å². The molecule has 0 atom stereocenters. The van der Waals surface area contributed by atoms with Crippen molar-refractivity contribution in [3.05, 3.63) is 18.2 Å². The molecule has 0 saturated heterocycles. The lowest BCUT2D eigenvalue weighted by Crippen LogP contribution is -2.07. The van der Waals surface area contributed by atoms with Crippen molar-refractivity contribution >= 4 is 22.5 Å². The quantitative estimate of drug-likeness (QED) is 0.740. The number of hydrogen-bond acceptors (Lipinski definition) is 6. The van der Waals surface area contributed by atoms with Crippen LogP contribution in [-0.2, 0) is 6.42 Å². The van der Waals surface area contributed by atoms with E-state index in [0.29, 0.717) is 11.5 Å². The van der Waals surface area contributed by atoms with Crippen LogP contribution in [0.2, 0.25) is 0 Å². The standard InChI is InChI=1S/C11H13N7/c1-3-7-15-16-11-9-8(13-5-6-14-9)10(12-4-2)17-18(7)11/h5-6H,3-4H2,1-2H3,(H,12,17). The number of aromatic nitrogens is 6. The second kappa shape index (κ2) is 4.17. The van der Waals surface area contributed by atoms with Crippen molar-refractivity contribution in [2.45, 2.75) is 20.3 Å². The lowest BCUT2D eigenvalue weighted by Gasteiger charge is -2.06. The maximum atomic E-state index is 4.50. The first-order valence-corrected chi connectivity index (χ1v) is 5.94. The number of nitrogens with zero attached hydrogens (tertiary/aromatic N) is 6. The zero-order valence-corrected chi connectivity index (χ0v) is 10.3. The molecule has 0 aliphatic rings. The van der Waals surface area contributed by atoms with E-state index in [9.17, 15) is 0 Å². The van der Waals surface area contributed by atoms with Crippen molar-refractivity contribution in [3.8, 4) is 0 Å². The minimum atomic E-state index is 0.650. The van der Waals surface area contributed by atoms with Gasteiger partial charge in [-0.15, -0.1) is 15.3 Å². The first-order chi connectivity index (χ1) is 8.85. The van der Waals surface area contributed by atoms with Crippen LogP contribution in [0.15, 0.2) is 12.4 Å². The first kappa shape index (κ1) is 10.8. The average Bonchev–Trinajstić information content (AvgIpc) is 2.82. The summed E-state index contributed by atoms with van der Waals surface area (Å²) in [5.41, 5.74) is 2.09. The molecule has 0 amide bonds. The third-order valence-corrected chi connectivity index (χ3v) is 2.70. The Kier molecular flexibility index (Phi) is 2.51. The molecule has 3 rings (SSSR count). The fraction of sp³-hybridized carbons (Fsp3) is 0.364. The van der Waals surface area contributed by atoms with Gasteiger partial charge in [0.1, 0.15) is 11.0 Å². The van der Waals surface area contributed by atoms with Crippen molar-refractivity contribution in [3.63, 3.8) is 0 Å². The van der Waals surface area contributed by atoms with E-state index in [0.717, 1.165) is 29.8 Å². The Labute approximate surface area is 103 Å². The van der Waals surface area contributed by atoms with Gasteiger partial charge in [0.05, 0.1) is 0 Å². The molecule has 3 aromatic rings. The van der Waals surface area contributed by atoms with E-state index in [1.165, 1.54) is 0 Å². The molecule has 0 bridgehead atoms. The maximum absolute atomic E-state index is 4.50. The summed E-state index contributed by atoms with van der Waals surface area (Å²) in [5.74, 6) is 1.53. The summed E-state index contributed by atoms with van der Waals surface area (Å²) in [4.78, 5) is 8.65. The van der Waals surface area contributed by atoms with E-state index in [2.05, 4.69) is 30.6 Å². The van der Waals surface area contributed by atoms with E-state index in [-0.39, 0.29) is 0 Å². The molecule has 3 aromatic heterocycles. The molecular formula is C11H13N7. The molecule has 3 heterocycles. The van der Waals surface area contributed by atoms with Gasteiger partial charge in [0, 0.05) is 25.4 Å². The second-order valence-corrected chi connectivity index (χ2v) is 3.84. The van der Waals surface area contributed by atoms with Crippen LogP contribution < -0.4 is 5.32 Å². The highest BCUT2D eigenvalue weighted by Gasteiger charge is 2.14. The summed E-state index contributed by atoms with van der Waals surface area (Å²) < 4.78 is 1.73. The predicted molar refractivity (Wildman–Crippen MR) is 67.4 cm³/mol. The van der Waals surface area contributed by atoms with Crippen molar-refractivity contribution in [1.82, 2.24) is 29.8 Å². The maximum Gasteiger partial charge on any atom is 0.205 e. The summed E-state index contributed by atoms with van der Waals surface area (Å²) in [6.07, 6.45) is 4.07. The SMILES string of the molecule is CCNc1nn2c(CC)nnc2c2nccnc12. The Morgan fingerprint density at radius 2 is 1.89 bits per heavy atom. The van der Waals surface area contributed by atoms with Gasteiger partial charge < -0.3 is 5.32 Å². The van der Waals surface area contributed by atoms with Crippen LogP contribution >= 0.6 is 0 Å². The molecule has 18 heavy (non-hydrogen) atoms. The molecule has 0 spiro atoms. The fourth-order valence-corrected chi connectivity index (χ4v) is 1.89. The van der Waals surface area contributed by atoms with Gasteiger partial charge in [0.2, 0.25) is 5.65 Å². The predicted octanol–water partition coefficient (Wildman–Crippen LogP) is 1.06. The van der Waals surface area contributed by atoms with Crippen LogP contribution in [0, 0.1) is 0 Å². The average molecular weight is 243 g/mol. The van der Waals surface area contributed by atoms with E-state index in [4.69, 9.17) is 0 Å². The van der Waals surface area contributed by atoms with Crippen LogP contribution in [-0.4, -0.2) is 36.3 Å². The molecule has 92 valence electrons. The van der Waals surface area contributed by atoms with Gasteiger partial charge in [-0.25, -0.2) is 9.97 Å². The smallest absolute Gasteiger partial charge is 0.205 e. The summed E-state index contributed by atoms with van der Waals surface area (Å²) in [5, 5.41) is 16.0. The largest absolute Gasteiger partial charge is 0.367 e. The van der Waals surface area contributed by atoms with E-state index in [1.807, 2.05) is 13.8 Å². The number of hydrogen-bond donors (Lipinski definition) is 1.